The van der Waals surface area contributed by atoms with Gasteiger partial charge in [0.15, 0.2) is 5.75 Å². The number of ether oxygens (including phenoxy) is 2. The average Bonchev–Trinajstić information content (AvgIpc) is 2.09. The molecule has 1 rings (SSSR count). The van der Waals surface area contributed by atoms with E-state index in [1.807, 2.05) is 0 Å². The first-order chi connectivity index (χ1) is 6.92. The first-order valence-corrected chi connectivity index (χ1v) is 4.20. The van der Waals surface area contributed by atoms with Crippen molar-refractivity contribution in [3.63, 3.8) is 0 Å². The highest BCUT2D eigenvalue weighted by Gasteiger charge is 2.32. The molecule has 0 saturated heterocycles. The lowest BCUT2D eigenvalue weighted by atomic mass is 10.3. The van der Waals surface area contributed by atoms with Crippen molar-refractivity contribution >= 4 is 5.69 Å². The smallest absolute Gasteiger partial charge is 0.494 e. The van der Waals surface area contributed by atoms with E-state index in [0.717, 1.165) is 6.07 Å². The van der Waals surface area contributed by atoms with Crippen LogP contribution in [0.15, 0.2) is 18.2 Å². The zero-order valence-corrected chi connectivity index (χ0v) is 7.97. The van der Waals surface area contributed by atoms with Gasteiger partial charge in [-0.1, -0.05) is 0 Å². The van der Waals surface area contributed by atoms with E-state index in [2.05, 4.69) is 4.74 Å². The molecule has 0 heterocycles. The Bertz CT molecular complexity index is 339. The first kappa shape index (κ1) is 11.5. The van der Waals surface area contributed by atoms with Crippen molar-refractivity contribution in [3.05, 3.63) is 18.2 Å². The topological polar surface area (TPSA) is 44.5 Å². The normalized spacial score (nSPS) is 11.2. The minimum Gasteiger partial charge on any atom is -0.494 e. The summed E-state index contributed by atoms with van der Waals surface area (Å²) >= 11 is 0. The standard InChI is InChI=1S/C9H10F3NO2/c1-2-14-6-3-4-7(13)8(5-6)15-9(10,11)12/h3-5H,2,13H2,1H3. The van der Waals surface area contributed by atoms with Crippen molar-refractivity contribution in [3.8, 4) is 11.5 Å². The van der Waals surface area contributed by atoms with Crippen LogP contribution in [0.2, 0.25) is 0 Å². The molecule has 0 unspecified atom stereocenters. The van der Waals surface area contributed by atoms with E-state index in [1.165, 1.54) is 12.1 Å². The molecule has 0 radical (unpaired) electrons. The molecule has 1 aromatic rings. The van der Waals surface area contributed by atoms with E-state index in [-0.39, 0.29) is 11.4 Å². The highest BCUT2D eigenvalue weighted by Crippen LogP contribution is 2.31. The summed E-state index contributed by atoms with van der Waals surface area (Å²) in [5.41, 5.74) is 5.22. The summed E-state index contributed by atoms with van der Waals surface area (Å²) in [5, 5.41) is 0. The fourth-order valence-corrected chi connectivity index (χ4v) is 0.984. The van der Waals surface area contributed by atoms with Gasteiger partial charge in [-0.2, -0.15) is 0 Å². The predicted molar refractivity (Wildman–Crippen MR) is 48.7 cm³/mol. The lowest BCUT2D eigenvalue weighted by Crippen LogP contribution is -2.18. The fourth-order valence-electron chi connectivity index (χ4n) is 0.984. The number of benzene rings is 1. The summed E-state index contributed by atoms with van der Waals surface area (Å²) in [6.45, 7) is 2.08. The average molecular weight is 221 g/mol. The van der Waals surface area contributed by atoms with E-state index in [9.17, 15) is 13.2 Å². The largest absolute Gasteiger partial charge is 0.573 e. The number of hydrogen-bond donors (Lipinski definition) is 1. The Balaban J connectivity index is 2.90. The van der Waals surface area contributed by atoms with Gasteiger partial charge in [0.2, 0.25) is 0 Å². The van der Waals surface area contributed by atoms with Crippen molar-refractivity contribution in [2.24, 2.45) is 0 Å². The van der Waals surface area contributed by atoms with Crippen LogP contribution in [-0.4, -0.2) is 13.0 Å². The van der Waals surface area contributed by atoms with Crippen LogP contribution in [0.3, 0.4) is 0 Å². The van der Waals surface area contributed by atoms with Crippen molar-refractivity contribution < 1.29 is 22.6 Å². The molecular formula is C9H10F3NO2. The minimum absolute atomic E-state index is 0.0872. The van der Waals surface area contributed by atoms with Crippen LogP contribution in [0, 0.1) is 0 Å². The summed E-state index contributed by atoms with van der Waals surface area (Å²) in [6.07, 6.45) is -4.75. The second-order valence-corrected chi connectivity index (χ2v) is 2.68. The predicted octanol–water partition coefficient (Wildman–Crippen LogP) is 2.57. The van der Waals surface area contributed by atoms with Crippen LogP contribution >= 0.6 is 0 Å². The molecule has 3 nitrogen and oxygen atoms in total. The highest BCUT2D eigenvalue weighted by atomic mass is 19.4. The second-order valence-electron chi connectivity index (χ2n) is 2.68. The van der Waals surface area contributed by atoms with Gasteiger partial charge in [0.05, 0.1) is 12.3 Å². The third kappa shape index (κ3) is 3.57. The van der Waals surface area contributed by atoms with Gasteiger partial charge in [0, 0.05) is 6.07 Å². The number of hydrogen-bond acceptors (Lipinski definition) is 3. The van der Waals surface area contributed by atoms with E-state index < -0.39 is 12.1 Å². The van der Waals surface area contributed by atoms with Gasteiger partial charge in [0.1, 0.15) is 5.75 Å². The summed E-state index contributed by atoms with van der Waals surface area (Å²) in [6, 6.07) is 3.88. The van der Waals surface area contributed by atoms with E-state index in [4.69, 9.17) is 10.5 Å². The molecule has 0 atom stereocenters. The van der Waals surface area contributed by atoms with Crippen molar-refractivity contribution in [1.29, 1.82) is 0 Å². The lowest BCUT2D eigenvalue weighted by molar-refractivity contribution is -0.274. The van der Waals surface area contributed by atoms with Crippen LogP contribution in [0.5, 0.6) is 11.5 Å². The summed E-state index contributed by atoms with van der Waals surface area (Å²) < 4.78 is 44.5. The molecule has 0 aliphatic heterocycles. The van der Waals surface area contributed by atoms with Gasteiger partial charge in [-0.3, -0.25) is 0 Å². The Morgan fingerprint density at radius 1 is 1.33 bits per heavy atom. The van der Waals surface area contributed by atoms with E-state index >= 15 is 0 Å². The molecule has 6 heteroatoms. The number of anilines is 1. The maximum absolute atomic E-state index is 11.9. The molecule has 0 spiro atoms. The molecular weight excluding hydrogens is 211 g/mol. The summed E-state index contributed by atoms with van der Waals surface area (Å²) in [4.78, 5) is 0. The Morgan fingerprint density at radius 2 is 2.00 bits per heavy atom. The number of halogens is 3. The van der Waals surface area contributed by atoms with Crippen LogP contribution in [0.1, 0.15) is 6.92 Å². The van der Waals surface area contributed by atoms with E-state index in [1.54, 1.807) is 6.92 Å². The van der Waals surface area contributed by atoms with Crippen LogP contribution in [0.25, 0.3) is 0 Å². The van der Waals surface area contributed by atoms with Gasteiger partial charge in [0.25, 0.3) is 0 Å². The maximum atomic E-state index is 11.9. The quantitative estimate of drug-likeness (QED) is 0.798. The minimum atomic E-state index is -4.75. The van der Waals surface area contributed by atoms with Gasteiger partial charge in [-0.15, -0.1) is 13.2 Å². The third-order valence-corrected chi connectivity index (χ3v) is 1.52. The van der Waals surface area contributed by atoms with Crippen molar-refractivity contribution in [2.75, 3.05) is 12.3 Å². The maximum Gasteiger partial charge on any atom is 0.573 e. The fraction of sp³-hybridized carbons (Fsp3) is 0.333. The SMILES string of the molecule is CCOc1ccc(N)c(OC(F)(F)F)c1. The Morgan fingerprint density at radius 3 is 2.53 bits per heavy atom. The zero-order chi connectivity index (χ0) is 11.5. The van der Waals surface area contributed by atoms with Gasteiger partial charge in [-0.05, 0) is 19.1 Å². The molecule has 84 valence electrons. The molecule has 2 N–H and O–H groups in total. The molecule has 0 fully saturated rings. The Hall–Kier alpha value is -1.59. The monoisotopic (exact) mass is 221 g/mol. The van der Waals surface area contributed by atoms with Gasteiger partial charge in [-0.25, -0.2) is 0 Å². The van der Waals surface area contributed by atoms with Crippen molar-refractivity contribution in [2.45, 2.75) is 13.3 Å². The van der Waals surface area contributed by atoms with Crippen LogP contribution in [0.4, 0.5) is 18.9 Å². The summed E-state index contributed by atoms with van der Waals surface area (Å²) in [5.74, 6) is -0.167. The number of nitrogen functional groups attached to an aromatic ring is 1. The highest BCUT2D eigenvalue weighted by molar-refractivity contribution is 5.55. The Kier molecular flexibility index (Phi) is 3.28. The molecule has 1 aromatic carbocycles. The van der Waals surface area contributed by atoms with Crippen LogP contribution in [-0.2, 0) is 0 Å². The van der Waals surface area contributed by atoms with E-state index in [0.29, 0.717) is 6.61 Å². The third-order valence-electron chi connectivity index (χ3n) is 1.52. The number of alkyl halides is 3. The molecule has 0 amide bonds. The summed E-state index contributed by atoms with van der Waals surface area (Å²) in [7, 11) is 0. The molecule has 0 aromatic heterocycles. The lowest BCUT2D eigenvalue weighted by Gasteiger charge is -2.12. The molecule has 15 heavy (non-hydrogen) atoms. The number of nitrogens with two attached hydrogens (primary N) is 1. The second kappa shape index (κ2) is 4.29. The molecule has 0 aliphatic rings. The van der Waals surface area contributed by atoms with Crippen molar-refractivity contribution in [1.82, 2.24) is 0 Å². The Labute approximate surface area is 84.6 Å². The van der Waals surface area contributed by atoms with Crippen LogP contribution < -0.4 is 15.2 Å². The molecule has 0 bridgehead atoms. The zero-order valence-electron chi connectivity index (χ0n) is 7.97. The number of rotatable bonds is 3. The molecule has 0 aliphatic carbocycles. The van der Waals surface area contributed by atoms with Gasteiger partial charge < -0.3 is 15.2 Å². The molecule has 0 saturated carbocycles. The van der Waals surface area contributed by atoms with Gasteiger partial charge >= 0.3 is 6.36 Å². The first-order valence-electron chi connectivity index (χ1n) is 4.20.